The smallest absolute Gasteiger partial charge is 0.119 e. The molecular weight excluding hydrogens is 312 g/mol. The Hall–Kier alpha value is -0.880. The minimum atomic E-state index is -0.00143. The van der Waals surface area contributed by atoms with E-state index in [1.54, 1.807) is 18.4 Å². The van der Waals surface area contributed by atoms with E-state index in [1.807, 2.05) is 18.2 Å². The summed E-state index contributed by atoms with van der Waals surface area (Å²) in [5.74, 6) is 6.55. The fourth-order valence-corrected chi connectivity index (χ4v) is 3.14. The number of aryl methyl sites for hydroxylation is 1. The van der Waals surface area contributed by atoms with Crippen LogP contribution in [0.1, 0.15) is 22.7 Å². The monoisotopic (exact) mass is 326 g/mol. The predicted molar refractivity (Wildman–Crippen MR) is 78.9 cm³/mol. The largest absolute Gasteiger partial charge is 0.497 e. The quantitative estimate of drug-likeness (QED) is 0.668. The highest BCUT2D eigenvalue weighted by Gasteiger charge is 2.16. The molecule has 96 valence electrons. The third kappa shape index (κ3) is 2.75. The highest BCUT2D eigenvalue weighted by atomic mass is 79.9. The van der Waals surface area contributed by atoms with Gasteiger partial charge in [-0.2, -0.15) is 0 Å². The van der Waals surface area contributed by atoms with Crippen molar-refractivity contribution in [3.05, 3.63) is 50.1 Å². The molecule has 5 heteroatoms. The lowest BCUT2D eigenvalue weighted by Gasteiger charge is -2.18. The molecule has 2 aromatic rings. The van der Waals surface area contributed by atoms with Crippen molar-refractivity contribution < 1.29 is 4.74 Å². The maximum Gasteiger partial charge on any atom is 0.119 e. The van der Waals surface area contributed by atoms with Crippen molar-refractivity contribution in [2.45, 2.75) is 13.0 Å². The van der Waals surface area contributed by atoms with E-state index in [-0.39, 0.29) is 6.04 Å². The molecule has 2 rings (SSSR count). The molecule has 0 spiro atoms. The summed E-state index contributed by atoms with van der Waals surface area (Å²) >= 11 is 5.13. The minimum Gasteiger partial charge on any atom is -0.497 e. The second-order valence-corrected chi connectivity index (χ2v) is 6.30. The maximum absolute atomic E-state index is 5.69. The van der Waals surface area contributed by atoms with E-state index in [0.29, 0.717) is 0 Å². The molecule has 0 saturated heterocycles. The summed E-state index contributed by atoms with van der Waals surface area (Å²) in [7, 11) is 1.67. The van der Waals surface area contributed by atoms with Gasteiger partial charge in [0.05, 0.1) is 16.9 Å². The zero-order valence-corrected chi connectivity index (χ0v) is 12.6. The molecule has 0 amide bonds. The summed E-state index contributed by atoms with van der Waals surface area (Å²) in [5.41, 5.74) is 6.34. The zero-order valence-electron chi connectivity index (χ0n) is 10.2. The van der Waals surface area contributed by atoms with Crippen LogP contribution in [0, 0.1) is 6.92 Å². The SMILES string of the molecule is COc1ccc(C(NN)c2csc(Br)c2)c(C)c1. The fourth-order valence-electron chi connectivity index (χ4n) is 1.94. The van der Waals surface area contributed by atoms with Crippen molar-refractivity contribution >= 4 is 27.3 Å². The summed E-state index contributed by atoms with van der Waals surface area (Å²) in [6.07, 6.45) is 0. The lowest BCUT2D eigenvalue weighted by molar-refractivity contribution is 0.414. The number of nitrogens with one attached hydrogen (secondary N) is 1. The Labute approximate surface area is 119 Å². The molecule has 0 radical (unpaired) electrons. The third-order valence-electron chi connectivity index (χ3n) is 2.88. The lowest BCUT2D eigenvalue weighted by atomic mass is 9.97. The van der Waals surface area contributed by atoms with Crippen molar-refractivity contribution in [2.75, 3.05) is 7.11 Å². The Kier molecular flexibility index (Phi) is 4.40. The Morgan fingerprint density at radius 3 is 2.67 bits per heavy atom. The van der Waals surface area contributed by atoms with Crippen LogP contribution in [0.5, 0.6) is 5.75 Å². The van der Waals surface area contributed by atoms with Gasteiger partial charge in [0, 0.05) is 0 Å². The molecule has 0 bridgehead atoms. The fraction of sp³-hybridized carbons (Fsp3) is 0.231. The van der Waals surface area contributed by atoms with Gasteiger partial charge in [-0.1, -0.05) is 6.07 Å². The Morgan fingerprint density at radius 1 is 1.39 bits per heavy atom. The van der Waals surface area contributed by atoms with Crippen LogP contribution in [0.15, 0.2) is 33.4 Å². The average molecular weight is 327 g/mol. The molecule has 0 aliphatic rings. The van der Waals surface area contributed by atoms with Crippen LogP contribution in [0.4, 0.5) is 0 Å². The normalized spacial score (nSPS) is 12.4. The number of nitrogens with two attached hydrogens (primary N) is 1. The summed E-state index contributed by atoms with van der Waals surface area (Å²) < 4.78 is 6.32. The Morgan fingerprint density at radius 2 is 2.17 bits per heavy atom. The topological polar surface area (TPSA) is 47.3 Å². The van der Waals surface area contributed by atoms with Crippen molar-refractivity contribution in [2.24, 2.45) is 5.84 Å². The predicted octanol–water partition coefficient (Wildman–Crippen LogP) is 3.38. The second-order valence-electron chi connectivity index (χ2n) is 4.01. The van der Waals surface area contributed by atoms with E-state index in [9.17, 15) is 0 Å². The molecule has 0 fully saturated rings. The highest BCUT2D eigenvalue weighted by molar-refractivity contribution is 9.11. The summed E-state index contributed by atoms with van der Waals surface area (Å²) in [4.78, 5) is 0. The van der Waals surface area contributed by atoms with Gasteiger partial charge in [0.25, 0.3) is 0 Å². The number of ether oxygens (including phenoxy) is 1. The number of rotatable bonds is 4. The van der Waals surface area contributed by atoms with E-state index in [2.05, 4.69) is 39.7 Å². The van der Waals surface area contributed by atoms with Gasteiger partial charge in [-0.15, -0.1) is 11.3 Å². The number of hydrazine groups is 1. The van der Waals surface area contributed by atoms with Crippen molar-refractivity contribution in [3.8, 4) is 5.75 Å². The first-order valence-corrected chi connectivity index (χ1v) is 7.17. The van der Waals surface area contributed by atoms with E-state index < -0.39 is 0 Å². The number of methoxy groups -OCH3 is 1. The van der Waals surface area contributed by atoms with Gasteiger partial charge in [-0.05, 0) is 63.1 Å². The molecule has 0 aliphatic carbocycles. The van der Waals surface area contributed by atoms with Gasteiger partial charge in [-0.3, -0.25) is 5.84 Å². The number of hydrogen-bond acceptors (Lipinski definition) is 4. The van der Waals surface area contributed by atoms with Gasteiger partial charge in [-0.25, -0.2) is 5.43 Å². The molecule has 1 atom stereocenters. The standard InChI is InChI=1S/C13H15BrN2OS/c1-8-5-10(17-2)3-4-11(8)13(16-15)9-6-12(14)18-7-9/h3-7,13,16H,15H2,1-2H3. The van der Waals surface area contributed by atoms with Crippen LogP contribution in [0.25, 0.3) is 0 Å². The first kappa shape index (κ1) is 13.5. The Bertz CT molecular complexity index is 542. The molecule has 1 unspecified atom stereocenters. The summed E-state index contributed by atoms with van der Waals surface area (Å²) in [6.45, 7) is 2.06. The summed E-state index contributed by atoms with van der Waals surface area (Å²) in [5, 5.41) is 2.10. The second kappa shape index (κ2) is 5.84. The van der Waals surface area contributed by atoms with Crippen molar-refractivity contribution in [1.29, 1.82) is 0 Å². The first-order chi connectivity index (χ1) is 8.65. The van der Waals surface area contributed by atoms with Gasteiger partial charge in [0.2, 0.25) is 0 Å². The van der Waals surface area contributed by atoms with E-state index >= 15 is 0 Å². The third-order valence-corrected chi connectivity index (χ3v) is 4.40. The van der Waals surface area contributed by atoms with Crippen LogP contribution in [-0.4, -0.2) is 7.11 Å². The summed E-state index contributed by atoms with van der Waals surface area (Å²) in [6, 6.07) is 8.09. The zero-order chi connectivity index (χ0) is 13.1. The van der Waals surface area contributed by atoms with Gasteiger partial charge in [0.1, 0.15) is 5.75 Å². The van der Waals surface area contributed by atoms with Crippen LogP contribution in [0.3, 0.4) is 0 Å². The molecular formula is C13H15BrN2OS. The first-order valence-electron chi connectivity index (χ1n) is 5.50. The van der Waals surface area contributed by atoms with Crippen molar-refractivity contribution in [1.82, 2.24) is 5.43 Å². The van der Waals surface area contributed by atoms with Gasteiger partial charge >= 0.3 is 0 Å². The van der Waals surface area contributed by atoms with Crippen LogP contribution in [-0.2, 0) is 0 Å². The average Bonchev–Trinajstić information content (AvgIpc) is 2.78. The Balaban J connectivity index is 2.39. The number of benzene rings is 1. The molecule has 1 heterocycles. The molecule has 1 aromatic heterocycles. The minimum absolute atomic E-state index is 0.00143. The van der Waals surface area contributed by atoms with Crippen LogP contribution >= 0.6 is 27.3 Å². The molecule has 3 nitrogen and oxygen atoms in total. The molecule has 0 aliphatic heterocycles. The molecule has 18 heavy (non-hydrogen) atoms. The number of thiophene rings is 1. The highest BCUT2D eigenvalue weighted by Crippen LogP contribution is 2.31. The lowest BCUT2D eigenvalue weighted by Crippen LogP contribution is -2.29. The molecule has 0 saturated carbocycles. The maximum atomic E-state index is 5.69. The number of hydrogen-bond donors (Lipinski definition) is 2. The molecule has 1 aromatic carbocycles. The van der Waals surface area contributed by atoms with Crippen molar-refractivity contribution in [3.63, 3.8) is 0 Å². The van der Waals surface area contributed by atoms with E-state index in [1.165, 1.54) is 0 Å². The number of halogens is 1. The van der Waals surface area contributed by atoms with Gasteiger partial charge < -0.3 is 4.74 Å². The van der Waals surface area contributed by atoms with E-state index in [0.717, 1.165) is 26.2 Å². The van der Waals surface area contributed by atoms with Gasteiger partial charge in [0.15, 0.2) is 0 Å². The molecule has 3 N–H and O–H groups in total. The van der Waals surface area contributed by atoms with E-state index in [4.69, 9.17) is 10.6 Å². The van der Waals surface area contributed by atoms with Crippen LogP contribution in [0.2, 0.25) is 0 Å². The van der Waals surface area contributed by atoms with Crippen LogP contribution < -0.4 is 16.0 Å².